The molecule has 0 bridgehead atoms. The van der Waals surface area contributed by atoms with E-state index in [4.69, 9.17) is 0 Å². The summed E-state index contributed by atoms with van der Waals surface area (Å²) in [5.74, 6) is 1.04. The van der Waals surface area contributed by atoms with E-state index in [0.29, 0.717) is 0 Å². The first-order valence-corrected chi connectivity index (χ1v) is 7.18. The highest BCUT2D eigenvalue weighted by molar-refractivity contribution is 8.03. The van der Waals surface area contributed by atoms with Crippen molar-refractivity contribution in [2.45, 2.75) is 13.3 Å². The maximum absolute atomic E-state index is 4.25. The molecule has 0 amide bonds. The van der Waals surface area contributed by atoms with Gasteiger partial charge in [-0.3, -0.25) is 4.99 Å². The maximum Gasteiger partial charge on any atom is 0.0648 e. The molecule has 0 radical (unpaired) electrons. The van der Waals surface area contributed by atoms with Gasteiger partial charge in [0, 0.05) is 29.9 Å². The second kappa shape index (κ2) is 6.95. The molecule has 0 N–H and O–H groups in total. The minimum absolute atomic E-state index is 0.882. The number of rotatable bonds is 6. The first-order chi connectivity index (χ1) is 9.33. The molecule has 0 aliphatic carbocycles. The molecule has 1 heterocycles. The van der Waals surface area contributed by atoms with Gasteiger partial charge in [0.1, 0.15) is 0 Å². The van der Waals surface area contributed by atoms with Crippen molar-refractivity contribution in [2.24, 2.45) is 4.99 Å². The third-order valence-corrected chi connectivity index (χ3v) is 3.53. The van der Waals surface area contributed by atoms with Crippen LogP contribution in [0.15, 0.2) is 58.8 Å². The minimum atomic E-state index is 0.882. The van der Waals surface area contributed by atoms with Gasteiger partial charge in [0.05, 0.1) is 5.69 Å². The number of benzene rings is 1. The van der Waals surface area contributed by atoms with Gasteiger partial charge in [-0.25, -0.2) is 4.68 Å². The van der Waals surface area contributed by atoms with Crippen molar-refractivity contribution < 1.29 is 0 Å². The number of nitrogens with zero attached hydrogens (tertiary/aromatic N) is 3. The lowest BCUT2D eigenvalue weighted by atomic mass is 10.1. The second-order valence-electron chi connectivity index (χ2n) is 4.01. The van der Waals surface area contributed by atoms with E-state index in [9.17, 15) is 0 Å². The lowest BCUT2D eigenvalue weighted by molar-refractivity contribution is 0.878. The van der Waals surface area contributed by atoms with E-state index in [1.807, 2.05) is 23.1 Å². The van der Waals surface area contributed by atoms with Crippen LogP contribution in [0.3, 0.4) is 0 Å². The summed E-state index contributed by atoms with van der Waals surface area (Å²) < 4.78 is 1.87. The van der Waals surface area contributed by atoms with Gasteiger partial charge in [-0.2, -0.15) is 5.10 Å². The van der Waals surface area contributed by atoms with Crippen molar-refractivity contribution in [3.63, 3.8) is 0 Å². The molecule has 19 heavy (non-hydrogen) atoms. The molecule has 2 rings (SSSR count). The van der Waals surface area contributed by atoms with Crippen LogP contribution in [0.25, 0.3) is 5.69 Å². The first kappa shape index (κ1) is 13.6. The fraction of sp³-hybridized carbons (Fsp3) is 0.200. The Labute approximate surface area is 118 Å². The smallest absolute Gasteiger partial charge is 0.0648 e. The van der Waals surface area contributed by atoms with Crippen LogP contribution in [-0.4, -0.2) is 22.3 Å². The van der Waals surface area contributed by atoms with Crippen LogP contribution in [0.4, 0.5) is 0 Å². The minimum Gasteiger partial charge on any atom is -0.272 e. The van der Waals surface area contributed by atoms with Gasteiger partial charge in [-0.1, -0.05) is 19.1 Å². The third-order valence-electron chi connectivity index (χ3n) is 2.62. The lowest BCUT2D eigenvalue weighted by Gasteiger charge is -2.07. The van der Waals surface area contributed by atoms with Crippen LogP contribution in [0.1, 0.15) is 12.5 Å². The van der Waals surface area contributed by atoms with Crippen LogP contribution < -0.4 is 0 Å². The SMILES string of the molecule is C=N/C=C(/Cc1cccc(-n2cccn2)c1)SCC. The molecular weight excluding hydrogens is 254 g/mol. The maximum atomic E-state index is 4.25. The van der Waals surface area contributed by atoms with Crippen molar-refractivity contribution in [2.75, 3.05) is 5.75 Å². The van der Waals surface area contributed by atoms with E-state index in [1.54, 1.807) is 18.0 Å². The Morgan fingerprint density at radius 2 is 2.37 bits per heavy atom. The monoisotopic (exact) mass is 271 g/mol. The topological polar surface area (TPSA) is 30.2 Å². The van der Waals surface area contributed by atoms with Crippen LogP contribution in [0, 0.1) is 0 Å². The Kier molecular flexibility index (Phi) is 4.98. The first-order valence-electron chi connectivity index (χ1n) is 6.20. The third kappa shape index (κ3) is 3.83. The van der Waals surface area contributed by atoms with Gasteiger partial charge in [0.2, 0.25) is 0 Å². The Morgan fingerprint density at radius 1 is 1.47 bits per heavy atom. The van der Waals surface area contributed by atoms with Gasteiger partial charge in [0.25, 0.3) is 0 Å². The second-order valence-corrected chi connectivity index (χ2v) is 5.40. The molecule has 3 nitrogen and oxygen atoms in total. The standard InChI is InChI=1S/C15H17N3S/c1-3-19-15(12-16-2)11-13-6-4-7-14(10-13)18-9-5-8-17-18/h4-10,12H,2-3,11H2,1H3/b15-12-. The van der Waals surface area contributed by atoms with Crippen LogP contribution in [-0.2, 0) is 6.42 Å². The van der Waals surface area contributed by atoms with Crippen LogP contribution in [0.5, 0.6) is 0 Å². The van der Waals surface area contributed by atoms with Crippen LogP contribution >= 0.6 is 11.8 Å². The van der Waals surface area contributed by atoms with E-state index in [0.717, 1.165) is 17.9 Å². The van der Waals surface area contributed by atoms with Crippen molar-refractivity contribution >= 4 is 18.5 Å². The molecule has 0 unspecified atom stereocenters. The van der Waals surface area contributed by atoms with Gasteiger partial charge < -0.3 is 0 Å². The van der Waals surface area contributed by atoms with E-state index >= 15 is 0 Å². The number of aliphatic imine (C=N–C) groups is 1. The summed E-state index contributed by atoms with van der Waals surface area (Å²) in [6.45, 7) is 5.67. The van der Waals surface area contributed by atoms with Crippen molar-refractivity contribution in [3.05, 3.63) is 59.4 Å². The van der Waals surface area contributed by atoms with E-state index in [2.05, 4.69) is 48.0 Å². The lowest BCUT2D eigenvalue weighted by Crippen LogP contribution is -1.96. The molecule has 98 valence electrons. The number of aromatic nitrogens is 2. The zero-order valence-electron chi connectivity index (χ0n) is 11.0. The molecular formula is C15H17N3S. The summed E-state index contributed by atoms with van der Waals surface area (Å²) in [4.78, 5) is 5.10. The summed E-state index contributed by atoms with van der Waals surface area (Å²) in [6, 6.07) is 10.3. The van der Waals surface area contributed by atoms with Gasteiger partial charge in [-0.15, -0.1) is 11.8 Å². The number of thioether (sulfide) groups is 1. The molecule has 2 aromatic rings. The number of allylic oxidation sites excluding steroid dienone is 1. The molecule has 4 heteroatoms. The molecule has 0 saturated carbocycles. The molecule has 1 aromatic heterocycles. The molecule has 1 aromatic carbocycles. The Hall–Kier alpha value is -1.81. The largest absolute Gasteiger partial charge is 0.272 e. The zero-order valence-corrected chi connectivity index (χ0v) is 11.8. The summed E-state index contributed by atoms with van der Waals surface area (Å²) in [6.07, 6.45) is 6.45. The number of hydrogen-bond donors (Lipinski definition) is 0. The van der Waals surface area contributed by atoms with Gasteiger partial charge >= 0.3 is 0 Å². The summed E-state index contributed by atoms with van der Waals surface area (Å²) >= 11 is 1.80. The Morgan fingerprint density at radius 3 is 3.05 bits per heavy atom. The summed E-state index contributed by atoms with van der Waals surface area (Å²) in [5, 5.41) is 4.25. The molecule has 0 saturated heterocycles. The average molecular weight is 271 g/mol. The van der Waals surface area contributed by atoms with E-state index in [-0.39, 0.29) is 0 Å². The predicted octanol–water partition coefficient (Wildman–Crippen LogP) is 3.71. The quantitative estimate of drug-likeness (QED) is 0.750. The average Bonchev–Trinajstić information content (AvgIpc) is 2.93. The molecule has 0 spiro atoms. The van der Waals surface area contributed by atoms with E-state index in [1.165, 1.54) is 10.5 Å². The van der Waals surface area contributed by atoms with E-state index < -0.39 is 0 Å². The highest BCUT2D eigenvalue weighted by Crippen LogP contribution is 2.21. The van der Waals surface area contributed by atoms with Gasteiger partial charge in [-0.05, 0) is 36.2 Å². The Balaban J connectivity index is 2.19. The molecule has 0 aliphatic rings. The van der Waals surface area contributed by atoms with Crippen LogP contribution in [0.2, 0.25) is 0 Å². The van der Waals surface area contributed by atoms with Gasteiger partial charge in [0.15, 0.2) is 0 Å². The zero-order chi connectivity index (χ0) is 13.5. The fourth-order valence-corrected chi connectivity index (χ4v) is 2.64. The molecule has 0 atom stereocenters. The summed E-state index contributed by atoms with van der Waals surface area (Å²) in [5.41, 5.74) is 2.33. The Bertz CT molecular complexity index is 559. The molecule has 0 fully saturated rings. The number of hydrogen-bond acceptors (Lipinski definition) is 3. The fourth-order valence-electron chi connectivity index (χ4n) is 1.85. The highest BCUT2D eigenvalue weighted by atomic mass is 32.2. The summed E-state index contributed by atoms with van der Waals surface area (Å²) in [7, 11) is 0. The van der Waals surface area contributed by atoms with Crippen molar-refractivity contribution in [3.8, 4) is 5.69 Å². The van der Waals surface area contributed by atoms with Crippen molar-refractivity contribution in [1.82, 2.24) is 9.78 Å². The molecule has 0 aliphatic heterocycles. The normalized spacial score (nSPS) is 11.5. The van der Waals surface area contributed by atoms with Crippen molar-refractivity contribution in [1.29, 1.82) is 0 Å². The highest BCUT2D eigenvalue weighted by Gasteiger charge is 2.02. The predicted molar refractivity (Wildman–Crippen MR) is 83.0 cm³/mol.